The van der Waals surface area contributed by atoms with Gasteiger partial charge in [0.1, 0.15) is 0 Å². The topological polar surface area (TPSA) is 38.0 Å². The van der Waals surface area contributed by atoms with Crippen molar-refractivity contribution < 1.29 is 0 Å². The van der Waals surface area contributed by atoms with E-state index < -0.39 is 0 Å². The zero-order chi connectivity index (χ0) is 10.8. The molecule has 2 nitrogen and oxygen atoms in total. The highest BCUT2D eigenvalue weighted by molar-refractivity contribution is 5.57. The van der Waals surface area contributed by atoms with Crippen LogP contribution in [0.2, 0.25) is 0 Å². The minimum Gasteiger partial charge on any atom is -0.399 e. The fraction of sp³-hybridized carbons (Fsp3) is 0.500. The van der Waals surface area contributed by atoms with Crippen LogP contribution in [-0.2, 0) is 0 Å². The molecule has 0 aliphatic rings. The fourth-order valence-corrected chi connectivity index (χ4v) is 1.36. The van der Waals surface area contributed by atoms with Crippen molar-refractivity contribution in [1.82, 2.24) is 0 Å². The molecule has 2 heteroatoms. The van der Waals surface area contributed by atoms with Gasteiger partial charge in [0, 0.05) is 16.9 Å². The summed E-state index contributed by atoms with van der Waals surface area (Å²) in [6.07, 6.45) is 1.08. The van der Waals surface area contributed by atoms with Crippen LogP contribution in [0.5, 0.6) is 0 Å². The molecule has 0 fully saturated rings. The average molecular weight is 192 g/mol. The van der Waals surface area contributed by atoms with E-state index in [1.165, 1.54) is 5.56 Å². The monoisotopic (exact) mass is 192 g/mol. The second kappa shape index (κ2) is 3.91. The van der Waals surface area contributed by atoms with Gasteiger partial charge >= 0.3 is 0 Å². The second-order valence-electron chi connectivity index (χ2n) is 4.49. The Hall–Kier alpha value is -1.18. The van der Waals surface area contributed by atoms with Gasteiger partial charge < -0.3 is 11.1 Å². The molecule has 0 heterocycles. The van der Waals surface area contributed by atoms with E-state index in [0.717, 1.165) is 17.8 Å². The highest BCUT2D eigenvalue weighted by Crippen LogP contribution is 2.21. The number of anilines is 2. The average Bonchev–Trinajstić information content (AvgIpc) is 2.01. The largest absolute Gasteiger partial charge is 0.399 e. The van der Waals surface area contributed by atoms with Crippen molar-refractivity contribution in [2.75, 3.05) is 11.1 Å². The first-order chi connectivity index (χ1) is 6.43. The molecule has 0 saturated heterocycles. The first-order valence-corrected chi connectivity index (χ1v) is 5.08. The lowest BCUT2D eigenvalue weighted by molar-refractivity contribution is 0.547. The van der Waals surface area contributed by atoms with E-state index in [1.807, 2.05) is 12.1 Å². The van der Waals surface area contributed by atoms with Crippen LogP contribution in [0.25, 0.3) is 0 Å². The Morgan fingerprint density at radius 2 is 1.93 bits per heavy atom. The van der Waals surface area contributed by atoms with Gasteiger partial charge in [-0.3, -0.25) is 0 Å². The maximum absolute atomic E-state index is 5.78. The summed E-state index contributed by atoms with van der Waals surface area (Å²) in [5, 5.41) is 3.47. The molecule has 0 bridgehead atoms. The number of nitrogen functional groups attached to an aromatic ring is 1. The summed E-state index contributed by atoms with van der Waals surface area (Å²) in [6, 6.07) is 6.07. The molecule has 0 unspecified atom stereocenters. The molecule has 14 heavy (non-hydrogen) atoms. The predicted molar refractivity (Wildman–Crippen MR) is 63.6 cm³/mol. The van der Waals surface area contributed by atoms with Crippen molar-refractivity contribution in [2.24, 2.45) is 0 Å². The minimum absolute atomic E-state index is 0.125. The van der Waals surface area contributed by atoms with Crippen LogP contribution in [0.4, 0.5) is 11.4 Å². The number of nitrogens with one attached hydrogen (secondary N) is 1. The molecule has 0 aliphatic heterocycles. The second-order valence-corrected chi connectivity index (χ2v) is 4.49. The molecule has 0 radical (unpaired) electrons. The zero-order valence-corrected chi connectivity index (χ0v) is 9.52. The molecular weight excluding hydrogens is 172 g/mol. The predicted octanol–water partition coefficient (Wildman–Crippen LogP) is 3.18. The van der Waals surface area contributed by atoms with Crippen LogP contribution in [0, 0.1) is 6.92 Å². The van der Waals surface area contributed by atoms with Gasteiger partial charge in [-0.2, -0.15) is 0 Å². The van der Waals surface area contributed by atoms with E-state index in [1.54, 1.807) is 0 Å². The standard InChI is InChI=1S/C12H20N2/c1-5-12(3,4)14-11-7-9(2)6-10(13)8-11/h6-8,14H,5,13H2,1-4H3. The molecule has 0 aromatic heterocycles. The van der Waals surface area contributed by atoms with Gasteiger partial charge in [-0.25, -0.2) is 0 Å². The smallest absolute Gasteiger partial charge is 0.0367 e. The molecule has 1 aromatic carbocycles. The van der Waals surface area contributed by atoms with Crippen LogP contribution in [0.15, 0.2) is 18.2 Å². The number of rotatable bonds is 3. The van der Waals surface area contributed by atoms with Gasteiger partial charge in [-0.15, -0.1) is 0 Å². The summed E-state index contributed by atoms with van der Waals surface area (Å²) in [5.41, 5.74) is 9.02. The van der Waals surface area contributed by atoms with Crippen LogP contribution in [0.1, 0.15) is 32.8 Å². The lowest BCUT2D eigenvalue weighted by Crippen LogP contribution is -2.29. The van der Waals surface area contributed by atoms with E-state index >= 15 is 0 Å². The number of hydrogen-bond acceptors (Lipinski definition) is 2. The van der Waals surface area contributed by atoms with Crippen LogP contribution in [-0.4, -0.2) is 5.54 Å². The van der Waals surface area contributed by atoms with Gasteiger partial charge in [-0.1, -0.05) is 6.92 Å². The molecule has 78 valence electrons. The highest BCUT2D eigenvalue weighted by atomic mass is 15.0. The molecule has 3 N–H and O–H groups in total. The number of nitrogens with two attached hydrogens (primary N) is 1. The van der Waals surface area contributed by atoms with Crippen LogP contribution >= 0.6 is 0 Å². The number of benzene rings is 1. The summed E-state index contributed by atoms with van der Waals surface area (Å²) in [6.45, 7) is 8.60. The van der Waals surface area contributed by atoms with E-state index in [2.05, 4.69) is 39.1 Å². The number of aryl methyl sites for hydroxylation is 1. The van der Waals surface area contributed by atoms with E-state index in [4.69, 9.17) is 5.73 Å². The van der Waals surface area contributed by atoms with E-state index in [0.29, 0.717) is 0 Å². The number of hydrogen-bond donors (Lipinski definition) is 2. The molecular formula is C12H20N2. The summed E-state index contributed by atoms with van der Waals surface area (Å²) in [7, 11) is 0. The third-order valence-corrected chi connectivity index (χ3v) is 2.47. The van der Waals surface area contributed by atoms with Crippen molar-refractivity contribution in [3.63, 3.8) is 0 Å². The molecule has 0 spiro atoms. The zero-order valence-electron chi connectivity index (χ0n) is 9.52. The lowest BCUT2D eigenvalue weighted by atomic mass is 10.0. The normalized spacial score (nSPS) is 11.4. The third kappa shape index (κ3) is 2.95. The molecule has 0 atom stereocenters. The molecule has 0 aliphatic carbocycles. The van der Waals surface area contributed by atoms with E-state index in [-0.39, 0.29) is 5.54 Å². The maximum Gasteiger partial charge on any atom is 0.0367 e. The van der Waals surface area contributed by atoms with Crippen molar-refractivity contribution in [2.45, 2.75) is 39.7 Å². The molecule has 0 amide bonds. The summed E-state index contributed by atoms with van der Waals surface area (Å²) in [5.74, 6) is 0. The Balaban J connectivity index is 2.87. The van der Waals surface area contributed by atoms with Crippen molar-refractivity contribution in [3.05, 3.63) is 23.8 Å². The Bertz CT molecular complexity index is 296. The van der Waals surface area contributed by atoms with Crippen molar-refractivity contribution in [3.8, 4) is 0 Å². The minimum atomic E-state index is 0.125. The first-order valence-electron chi connectivity index (χ1n) is 5.08. The molecule has 1 aromatic rings. The fourth-order valence-electron chi connectivity index (χ4n) is 1.36. The van der Waals surface area contributed by atoms with Gasteiger partial charge in [0.05, 0.1) is 0 Å². The maximum atomic E-state index is 5.78. The van der Waals surface area contributed by atoms with Gasteiger partial charge in [0.15, 0.2) is 0 Å². The molecule has 0 saturated carbocycles. The SMILES string of the molecule is CCC(C)(C)Nc1cc(C)cc(N)c1. The Kier molecular flexibility index (Phi) is 3.04. The Labute approximate surface area is 86.5 Å². The first kappa shape index (κ1) is 10.9. The summed E-state index contributed by atoms with van der Waals surface area (Å²) < 4.78 is 0. The van der Waals surface area contributed by atoms with Gasteiger partial charge in [0.2, 0.25) is 0 Å². The van der Waals surface area contributed by atoms with E-state index in [9.17, 15) is 0 Å². The van der Waals surface area contributed by atoms with Gasteiger partial charge in [-0.05, 0) is 51.0 Å². The Morgan fingerprint density at radius 1 is 1.29 bits per heavy atom. The van der Waals surface area contributed by atoms with Crippen molar-refractivity contribution >= 4 is 11.4 Å². The highest BCUT2D eigenvalue weighted by Gasteiger charge is 2.14. The Morgan fingerprint density at radius 3 is 2.43 bits per heavy atom. The lowest BCUT2D eigenvalue weighted by Gasteiger charge is -2.26. The van der Waals surface area contributed by atoms with Crippen molar-refractivity contribution in [1.29, 1.82) is 0 Å². The summed E-state index contributed by atoms with van der Waals surface area (Å²) >= 11 is 0. The van der Waals surface area contributed by atoms with Crippen LogP contribution < -0.4 is 11.1 Å². The third-order valence-electron chi connectivity index (χ3n) is 2.47. The summed E-state index contributed by atoms with van der Waals surface area (Å²) in [4.78, 5) is 0. The quantitative estimate of drug-likeness (QED) is 0.722. The van der Waals surface area contributed by atoms with Crippen LogP contribution in [0.3, 0.4) is 0 Å². The van der Waals surface area contributed by atoms with Gasteiger partial charge in [0.25, 0.3) is 0 Å². The molecule has 1 rings (SSSR count).